The van der Waals surface area contributed by atoms with E-state index in [0.717, 1.165) is 27.5 Å². The van der Waals surface area contributed by atoms with E-state index in [1.807, 2.05) is 41.9 Å². The summed E-state index contributed by atoms with van der Waals surface area (Å²) in [5.74, 6) is 0.418. The van der Waals surface area contributed by atoms with E-state index in [0.29, 0.717) is 12.4 Å². The monoisotopic (exact) mass is 336 g/mol. The fraction of sp³-hybridized carbons (Fsp3) is 0.200. The minimum Gasteiger partial charge on any atom is -0.299 e. The lowest BCUT2D eigenvalue weighted by molar-refractivity contribution is 0.756. The Morgan fingerprint density at radius 1 is 1.24 bits per heavy atom. The first-order valence-electron chi connectivity index (χ1n) is 6.42. The summed E-state index contributed by atoms with van der Waals surface area (Å²) < 4.78 is 1.79. The van der Waals surface area contributed by atoms with Crippen molar-refractivity contribution in [3.8, 4) is 10.6 Å². The smallest absolute Gasteiger partial charge is 0.299 e. The predicted molar refractivity (Wildman–Crippen MR) is 89.5 cm³/mol. The molecule has 0 fully saturated rings. The number of alkyl halides is 1. The molecule has 0 aliphatic heterocycles. The molecular formula is C15H13ClN2OS2. The highest BCUT2D eigenvalue weighted by atomic mass is 35.5. The zero-order chi connectivity index (χ0) is 14.8. The van der Waals surface area contributed by atoms with E-state index in [1.54, 1.807) is 15.9 Å². The van der Waals surface area contributed by atoms with Crippen LogP contribution in [0.5, 0.6) is 0 Å². The van der Waals surface area contributed by atoms with Gasteiger partial charge < -0.3 is 0 Å². The first-order valence-corrected chi connectivity index (χ1v) is 8.72. The van der Waals surface area contributed by atoms with Crippen molar-refractivity contribution < 1.29 is 0 Å². The Kier molecular flexibility index (Phi) is 4.24. The summed E-state index contributed by atoms with van der Waals surface area (Å²) in [4.78, 5) is 16.5. The third-order valence-electron chi connectivity index (χ3n) is 3.24. The number of hydrogen-bond acceptors (Lipinski definition) is 4. The highest BCUT2D eigenvalue weighted by Crippen LogP contribution is 2.28. The molecule has 21 heavy (non-hydrogen) atoms. The second-order valence-corrected chi connectivity index (χ2v) is 6.61. The minimum atomic E-state index is 0.0721. The van der Waals surface area contributed by atoms with Crippen LogP contribution in [0.15, 0.2) is 39.8 Å². The summed E-state index contributed by atoms with van der Waals surface area (Å²) in [7, 11) is 0. The van der Waals surface area contributed by atoms with Crippen LogP contribution in [-0.2, 0) is 12.4 Å². The molecule has 0 amide bonds. The van der Waals surface area contributed by atoms with Crippen LogP contribution < -0.4 is 4.87 Å². The largest absolute Gasteiger partial charge is 0.307 e. The zero-order valence-corrected chi connectivity index (χ0v) is 13.8. The quantitative estimate of drug-likeness (QED) is 0.671. The molecule has 0 saturated carbocycles. The Morgan fingerprint density at radius 3 is 2.71 bits per heavy atom. The van der Waals surface area contributed by atoms with Gasteiger partial charge in [-0.05, 0) is 12.5 Å². The lowest BCUT2D eigenvalue weighted by Gasteiger charge is -2.09. The highest BCUT2D eigenvalue weighted by Gasteiger charge is 2.11. The average Bonchev–Trinajstić information content (AvgIpc) is 3.10. The van der Waals surface area contributed by atoms with Crippen molar-refractivity contribution in [3.63, 3.8) is 0 Å². The van der Waals surface area contributed by atoms with Crippen LogP contribution in [0.3, 0.4) is 0 Å². The summed E-state index contributed by atoms with van der Waals surface area (Å²) in [6.45, 7) is 2.52. The second-order valence-electron chi connectivity index (χ2n) is 4.66. The zero-order valence-electron chi connectivity index (χ0n) is 11.4. The van der Waals surface area contributed by atoms with Crippen molar-refractivity contribution in [1.82, 2.24) is 9.55 Å². The van der Waals surface area contributed by atoms with Crippen molar-refractivity contribution in [1.29, 1.82) is 0 Å². The van der Waals surface area contributed by atoms with E-state index in [9.17, 15) is 4.79 Å². The van der Waals surface area contributed by atoms with E-state index < -0.39 is 0 Å². The summed E-state index contributed by atoms with van der Waals surface area (Å²) in [6.07, 6.45) is 0. The Bertz CT molecular complexity index is 819. The first-order chi connectivity index (χ1) is 10.2. The molecule has 0 atom stereocenters. The van der Waals surface area contributed by atoms with Crippen molar-refractivity contribution in [2.24, 2.45) is 0 Å². The van der Waals surface area contributed by atoms with Gasteiger partial charge in [-0.2, -0.15) is 0 Å². The fourth-order valence-corrected chi connectivity index (χ4v) is 3.97. The number of halogens is 1. The SMILES string of the molecule is Cc1csc(=O)n1Cc1ccccc1-c1nc(CCl)cs1. The average molecular weight is 337 g/mol. The van der Waals surface area contributed by atoms with Gasteiger partial charge in [-0.1, -0.05) is 35.6 Å². The lowest BCUT2D eigenvalue weighted by Crippen LogP contribution is -2.15. The van der Waals surface area contributed by atoms with Gasteiger partial charge in [-0.25, -0.2) is 4.98 Å². The normalized spacial score (nSPS) is 11.0. The Labute approximate surface area is 135 Å². The molecule has 0 saturated heterocycles. The number of hydrogen-bond donors (Lipinski definition) is 0. The third-order valence-corrected chi connectivity index (χ3v) is 5.32. The number of benzene rings is 1. The highest BCUT2D eigenvalue weighted by molar-refractivity contribution is 7.13. The summed E-state index contributed by atoms with van der Waals surface area (Å²) in [6, 6.07) is 8.06. The van der Waals surface area contributed by atoms with E-state index in [1.165, 1.54) is 11.3 Å². The standard InChI is InChI=1S/C15H13ClN2OS2/c1-10-8-21-15(19)18(10)7-11-4-2-3-5-13(11)14-17-12(6-16)9-20-14/h2-5,8-9H,6-7H2,1H3. The van der Waals surface area contributed by atoms with Crippen LogP contribution in [0.4, 0.5) is 0 Å². The van der Waals surface area contributed by atoms with E-state index in [2.05, 4.69) is 4.98 Å². The van der Waals surface area contributed by atoms with E-state index >= 15 is 0 Å². The van der Waals surface area contributed by atoms with Crippen molar-refractivity contribution >= 4 is 34.3 Å². The molecule has 3 aromatic rings. The molecular weight excluding hydrogens is 324 g/mol. The van der Waals surface area contributed by atoms with Gasteiger partial charge in [-0.3, -0.25) is 9.36 Å². The molecule has 3 nitrogen and oxygen atoms in total. The molecule has 108 valence electrons. The molecule has 6 heteroatoms. The molecule has 0 unspecified atom stereocenters. The lowest BCUT2D eigenvalue weighted by atomic mass is 10.1. The van der Waals surface area contributed by atoms with Crippen LogP contribution in [0.25, 0.3) is 10.6 Å². The van der Waals surface area contributed by atoms with E-state index in [4.69, 9.17) is 11.6 Å². The Balaban J connectivity index is 2.02. The molecule has 2 heterocycles. The summed E-state index contributed by atoms with van der Waals surface area (Å²) in [5.41, 5.74) is 4.03. The molecule has 1 aromatic carbocycles. The predicted octanol–water partition coefficient (Wildman–Crippen LogP) is 4.13. The fourth-order valence-electron chi connectivity index (χ4n) is 2.13. The summed E-state index contributed by atoms with van der Waals surface area (Å²) >= 11 is 8.64. The minimum absolute atomic E-state index is 0.0721. The number of thiazole rings is 2. The molecule has 0 bridgehead atoms. The molecule has 0 spiro atoms. The molecule has 0 aliphatic rings. The van der Waals surface area contributed by atoms with Crippen molar-refractivity contribution in [3.05, 3.63) is 61.6 Å². The van der Waals surface area contributed by atoms with E-state index in [-0.39, 0.29) is 4.87 Å². The van der Waals surface area contributed by atoms with Gasteiger partial charge in [-0.15, -0.1) is 22.9 Å². The second kappa shape index (κ2) is 6.13. The van der Waals surface area contributed by atoms with Gasteiger partial charge >= 0.3 is 4.87 Å². The molecule has 0 N–H and O–H groups in total. The maximum Gasteiger partial charge on any atom is 0.307 e. The van der Waals surface area contributed by atoms with Gasteiger partial charge in [0.2, 0.25) is 0 Å². The maximum atomic E-state index is 11.9. The van der Waals surface area contributed by atoms with Crippen LogP contribution in [0.2, 0.25) is 0 Å². The number of nitrogens with zero attached hydrogens (tertiary/aromatic N) is 2. The van der Waals surface area contributed by atoms with Crippen LogP contribution in [-0.4, -0.2) is 9.55 Å². The van der Waals surface area contributed by atoms with Gasteiger partial charge in [0, 0.05) is 22.0 Å². The molecule has 0 radical (unpaired) electrons. The topological polar surface area (TPSA) is 34.9 Å². The molecule has 0 aliphatic carbocycles. The van der Waals surface area contributed by atoms with Crippen molar-refractivity contribution in [2.75, 3.05) is 0 Å². The van der Waals surface area contributed by atoms with Crippen LogP contribution >= 0.6 is 34.3 Å². The maximum absolute atomic E-state index is 11.9. The van der Waals surface area contributed by atoms with Crippen LogP contribution in [0, 0.1) is 6.92 Å². The van der Waals surface area contributed by atoms with Gasteiger partial charge in [0.1, 0.15) is 5.01 Å². The van der Waals surface area contributed by atoms with Gasteiger partial charge in [0.25, 0.3) is 0 Å². The Morgan fingerprint density at radius 2 is 2.05 bits per heavy atom. The first kappa shape index (κ1) is 14.5. The van der Waals surface area contributed by atoms with Gasteiger partial charge in [0.15, 0.2) is 0 Å². The third kappa shape index (κ3) is 2.95. The number of rotatable bonds is 4. The number of aryl methyl sites for hydroxylation is 1. The summed E-state index contributed by atoms with van der Waals surface area (Å²) in [5, 5.41) is 4.81. The molecule has 2 aromatic heterocycles. The number of aromatic nitrogens is 2. The van der Waals surface area contributed by atoms with Gasteiger partial charge in [0.05, 0.1) is 18.1 Å². The Hall–Kier alpha value is -1.43. The van der Waals surface area contributed by atoms with Crippen molar-refractivity contribution in [2.45, 2.75) is 19.3 Å². The van der Waals surface area contributed by atoms with Crippen LogP contribution in [0.1, 0.15) is 17.0 Å². The molecule has 3 rings (SSSR count).